The van der Waals surface area contributed by atoms with Crippen LogP contribution in [0.25, 0.3) is 0 Å². The molecule has 0 N–H and O–H groups in total. The monoisotopic (exact) mass is 553 g/mol. The van der Waals surface area contributed by atoms with E-state index in [-0.39, 0.29) is 59.8 Å². The lowest BCUT2D eigenvalue weighted by molar-refractivity contribution is -0.142. The van der Waals surface area contributed by atoms with Crippen LogP contribution in [0.2, 0.25) is 0 Å². The molecular formula is C35H27N3O4. The topological polar surface area (TPSA) is 87.1 Å². The predicted molar refractivity (Wildman–Crippen MR) is 153 cm³/mol. The molecule has 0 radical (unpaired) electrons. The third-order valence-electron chi connectivity index (χ3n) is 10.8. The molecule has 0 aromatic heterocycles. The van der Waals surface area contributed by atoms with Crippen LogP contribution in [-0.2, 0) is 31.1 Å². The van der Waals surface area contributed by atoms with Gasteiger partial charge in [-0.25, -0.2) is 0 Å². The molecule has 42 heavy (non-hydrogen) atoms. The number of nitrogens with zero attached hydrogens (tertiary/aromatic N) is 3. The lowest BCUT2D eigenvalue weighted by Gasteiger charge is -2.52. The molecule has 7 aliphatic rings. The van der Waals surface area contributed by atoms with Gasteiger partial charge in [0.1, 0.15) is 0 Å². The summed E-state index contributed by atoms with van der Waals surface area (Å²) in [6.07, 6.45) is 6.62. The zero-order valence-corrected chi connectivity index (χ0v) is 22.7. The fourth-order valence-electron chi connectivity index (χ4n) is 9.18. The van der Waals surface area contributed by atoms with Gasteiger partial charge < -0.3 is 0 Å². The molecule has 0 unspecified atom stereocenters. The van der Waals surface area contributed by atoms with Gasteiger partial charge in [-0.3, -0.25) is 24.1 Å². The van der Waals surface area contributed by atoms with Crippen LogP contribution >= 0.6 is 0 Å². The molecule has 2 heterocycles. The van der Waals surface area contributed by atoms with Crippen molar-refractivity contribution in [3.63, 3.8) is 0 Å². The molecular weight excluding hydrogens is 526 g/mol. The van der Waals surface area contributed by atoms with Crippen LogP contribution in [0.1, 0.15) is 40.2 Å². The van der Waals surface area contributed by atoms with Gasteiger partial charge in [0.2, 0.25) is 11.8 Å². The van der Waals surface area contributed by atoms with Gasteiger partial charge in [0.25, 0.3) is 11.8 Å². The molecule has 1 saturated carbocycles. The van der Waals surface area contributed by atoms with E-state index in [1.807, 2.05) is 78.9 Å². The number of hydrazone groups is 1. The predicted octanol–water partition coefficient (Wildman–Crippen LogP) is 4.03. The second-order valence-electron chi connectivity index (χ2n) is 12.5. The van der Waals surface area contributed by atoms with Crippen LogP contribution in [-0.4, -0.2) is 39.8 Å². The van der Waals surface area contributed by atoms with Crippen LogP contribution in [0.3, 0.4) is 0 Å². The number of fused-ring (bicyclic) bond motifs is 5. The average Bonchev–Trinajstić information content (AvgIpc) is 3.77. The van der Waals surface area contributed by atoms with E-state index in [1.165, 1.54) is 4.90 Å². The molecule has 6 atom stereocenters. The SMILES string of the molecule is O=C1[C@@H]2C3c4ccccc4C(/C=N\N4C(=O)[C@@H]5[C@H](C4=O)[C@H]4C=C[C@H]5C4)(c4ccccc43)[C@@H]2C(=O)N1Cc1ccccc1. The summed E-state index contributed by atoms with van der Waals surface area (Å²) in [6, 6.07) is 25.4. The van der Waals surface area contributed by atoms with Crippen molar-refractivity contribution >= 4 is 29.8 Å². The fraction of sp³-hybridized carbons (Fsp3) is 0.286. The van der Waals surface area contributed by atoms with Crippen molar-refractivity contribution in [3.05, 3.63) is 119 Å². The summed E-state index contributed by atoms with van der Waals surface area (Å²) in [5, 5.41) is 5.74. The molecule has 5 aliphatic carbocycles. The molecule has 7 heteroatoms. The zero-order chi connectivity index (χ0) is 28.3. The van der Waals surface area contributed by atoms with Gasteiger partial charge in [0.15, 0.2) is 0 Å². The number of benzene rings is 3. The van der Waals surface area contributed by atoms with Crippen LogP contribution in [0.5, 0.6) is 0 Å². The first kappa shape index (κ1) is 24.0. The second-order valence-corrected chi connectivity index (χ2v) is 12.5. The summed E-state index contributed by atoms with van der Waals surface area (Å²) in [7, 11) is 0. The number of rotatable bonds is 4. The summed E-state index contributed by atoms with van der Waals surface area (Å²) < 4.78 is 0. The lowest BCUT2D eigenvalue weighted by Crippen LogP contribution is -2.55. The summed E-state index contributed by atoms with van der Waals surface area (Å²) in [4.78, 5) is 57.2. The van der Waals surface area contributed by atoms with Gasteiger partial charge in [-0.2, -0.15) is 10.1 Å². The number of imide groups is 2. The summed E-state index contributed by atoms with van der Waals surface area (Å²) in [5.74, 6) is -3.17. The van der Waals surface area contributed by atoms with E-state index in [0.29, 0.717) is 0 Å². The molecule has 10 rings (SSSR count). The molecule has 3 aromatic carbocycles. The highest BCUT2D eigenvalue weighted by molar-refractivity contribution is 6.12. The Kier molecular flexibility index (Phi) is 4.69. The Morgan fingerprint density at radius 2 is 1.26 bits per heavy atom. The van der Waals surface area contributed by atoms with E-state index in [1.54, 1.807) is 6.21 Å². The fourth-order valence-corrected chi connectivity index (χ4v) is 9.18. The van der Waals surface area contributed by atoms with Crippen molar-refractivity contribution in [2.45, 2.75) is 24.3 Å². The Labute approximate surface area is 242 Å². The Hall–Kier alpha value is -4.65. The highest BCUT2D eigenvalue weighted by Crippen LogP contribution is 2.63. The molecule has 3 fully saturated rings. The molecule has 2 aliphatic heterocycles. The van der Waals surface area contributed by atoms with Gasteiger partial charge in [-0.15, -0.1) is 0 Å². The van der Waals surface area contributed by atoms with E-state index in [0.717, 1.165) is 39.2 Å². The average molecular weight is 554 g/mol. The second kappa shape index (κ2) is 8.22. The van der Waals surface area contributed by atoms with Crippen LogP contribution in [0, 0.1) is 35.5 Å². The minimum Gasteiger partial charge on any atom is -0.278 e. The Morgan fingerprint density at radius 3 is 1.88 bits per heavy atom. The first-order valence-corrected chi connectivity index (χ1v) is 14.7. The number of amides is 4. The number of allylic oxidation sites excluding steroid dienone is 2. The van der Waals surface area contributed by atoms with Crippen molar-refractivity contribution in [3.8, 4) is 0 Å². The van der Waals surface area contributed by atoms with Gasteiger partial charge in [0, 0.05) is 12.1 Å². The summed E-state index contributed by atoms with van der Waals surface area (Å²) in [6.45, 7) is 0.195. The van der Waals surface area contributed by atoms with Crippen LogP contribution < -0.4 is 0 Å². The van der Waals surface area contributed by atoms with Crippen molar-refractivity contribution in [1.82, 2.24) is 9.91 Å². The summed E-state index contributed by atoms with van der Waals surface area (Å²) >= 11 is 0. The molecule has 4 bridgehead atoms. The van der Waals surface area contributed by atoms with Crippen LogP contribution in [0.15, 0.2) is 96.1 Å². The van der Waals surface area contributed by atoms with E-state index in [2.05, 4.69) is 17.3 Å². The molecule has 3 aromatic rings. The lowest BCUT2D eigenvalue weighted by atomic mass is 9.47. The Bertz CT molecular complexity index is 1720. The first-order valence-electron chi connectivity index (χ1n) is 14.7. The van der Waals surface area contributed by atoms with Crippen molar-refractivity contribution in [1.29, 1.82) is 0 Å². The minimum absolute atomic E-state index is 0.0753. The largest absolute Gasteiger partial charge is 0.278 e. The van der Waals surface area contributed by atoms with Crippen molar-refractivity contribution in [2.24, 2.45) is 40.6 Å². The van der Waals surface area contributed by atoms with E-state index in [4.69, 9.17) is 0 Å². The molecule has 7 nitrogen and oxygen atoms in total. The number of carbonyl (C=O) groups excluding carboxylic acids is 4. The normalized spacial score (nSPS) is 34.9. The zero-order valence-electron chi connectivity index (χ0n) is 22.7. The quantitative estimate of drug-likeness (QED) is 0.277. The Morgan fingerprint density at radius 1 is 0.690 bits per heavy atom. The van der Waals surface area contributed by atoms with E-state index < -0.39 is 17.3 Å². The van der Waals surface area contributed by atoms with Gasteiger partial charge in [-0.1, -0.05) is 91.0 Å². The van der Waals surface area contributed by atoms with E-state index >= 15 is 0 Å². The maximum absolute atomic E-state index is 14.4. The third kappa shape index (κ3) is 2.79. The highest BCUT2D eigenvalue weighted by atomic mass is 16.2. The maximum atomic E-state index is 14.4. The van der Waals surface area contributed by atoms with Crippen molar-refractivity contribution in [2.75, 3.05) is 0 Å². The molecule has 206 valence electrons. The number of hydrogen-bond donors (Lipinski definition) is 0. The molecule has 4 amide bonds. The third-order valence-corrected chi connectivity index (χ3v) is 10.8. The van der Waals surface area contributed by atoms with Gasteiger partial charge >= 0.3 is 0 Å². The van der Waals surface area contributed by atoms with Crippen molar-refractivity contribution < 1.29 is 19.2 Å². The van der Waals surface area contributed by atoms with E-state index in [9.17, 15) is 19.2 Å². The standard InChI is InChI=1S/C35H27N3O4/c39-31-29-28-22-10-4-6-12-24(22)35(25-13-7-5-11-23(25)28,30(29)34(42)37(31)17-19-8-2-1-3-9-19)18-36-38-32(40)26-20-14-15-21(16-20)27(26)33(38)41/h1-15,18,20-21,26-30H,16-17H2/b36-18-/t20-,21-,26-,27+,28?,29+,30-,35?/m0/s1. The minimum atomic E-state index is -1.11. The summed E-state index contributed by atoms with van der Waals surface area (Å²) in [5.41, 5.74) is 3.56. The smallest absolute Gasteiger partial charge is 0.254 e. The molecule has 2 saturated heterocycles. The first-order chi connectivity index (χ1) is 20.5. The maximum Gasteiger partial charge on any atom is 0.254 e. The molecule has 0 spiro atoms. The Balaban J connectivity index is 1.21. The number of hydrogen-bond acceptors (Lipinski definition) is 5. The van der Waals surface area contributed by atoms with Gasteiger partial charge in [0.05, 0.1) is 35.6 Å². The number of carbonyl (C=O) groups is 4. The number of likely N-dealkylation sites (tertiary alicyclic amines) is 1. The van der Waals surface area contributed by atoms with Gasteiger partial charge in [-0.05, 0) is 46.1 Å². The van der Waals surface area contributed by atoms with Crippen LogP contribution in [0.4, 0.5) is 0 Å². The highest BCUT2D eigenvalue weighted by Gasteiger charge is 2.68.